The van der Waals surface area contributed by atoms with Gasteiger partial charge in [0.15, 0.2) is 4.08 Å². The molecule has 0 spiro atoms. The van der Waals surface area contributed by atoms with Crippen LogP contribution < -0.4 is 0 Å². The standard InChI is InChI=1S/C13H27O4PS2/c1-5-11(9-18(16)10-17-6-2)13(12(14)15,19-7-3)20-8-4/h11,18H,5-10H2,1-4H3,(H,14,15). The monoisotopic (exact) mass is 342 g/mol. The van der Waals surface area contributed by atoms with Crippen LogP contribution >= 0.6 is 31.3 Å². The summed E-state index contributed by atoms with van der Waals surface area (Å²) >= 11 is 2.91. The van der Waals surface area contributed by atoms with E-state index in [1.165, 1.54) is 23.5 Å². The van der Waals surface area contributed by atoms with Gasteiger partial charge in [-0.3, -0.25) is 0 Å². The van der Waals surface area contributed by atoms with Gasteiger partial charge >= 0.3 is 5.97 Å². The van der Waals surface area contributed by atoms with Gasteiger partial charge in [0.25, 0.3) is 0 Å². The van der Waals surface area contributed by atoms with Crippen LogP contribution in [0.4, 0.5) is 0 Å². The van der Waals surface area contributed by atoms with Gasteiger partial charge in [-0.25, -0.2) is 4.79 Å². The molecule has 7 heteroatoms. The molecule has 0 amide bonds. The molecule has 0 bridgehead atoms. The van der Waals surface area contributed by atoms with Crippen molar-refractivity contribution in [3.63, 3.8) is 0 Å². The van der Waals surface area contributed by atoms with Gasteiger partial charge in [-0.05, 0) is 24.3 Å². The zero-order valence-corrected chi connectivity index (χ0v) is 15.4. The normalized spacial score (nSPS) is 15.0. The summed E-state index contributed by atoms with van der Waals surface area (Å²) in [5.74, 6) is 0.584. The topological polar surface area (TPSA) is 63.6 Å². The molecule has 0 rings (SSSR count). The Bertz CT molecular complexity index is 307. The molecule has 0 aromatic heterocycles. The number of hydrogen-bond donors (Lipinski definition) is 1. The average Bonchev–Trinajstić information content (AvgIpc) is 2.41. The predicted molar refractivity (Wildman–Crippen MR) is 90.8 cm³/mol. The summed E-state index contributed by atoms with van der Waals surface area (Å²) in [4.78, 5) is 11.8. The smallest absolute Gasteiger partial charge is 0.330 e. The van der Waals surface area contributed by atoms with Gasteiger partial charge in [-0.1, -0.05) is 27.2 Å². The molecule has 0 aromatic carbocycles. The maximum atomic E-state index is 12.1. The van der Waals surface area contributed by atoms with Crippen LogP contribution in [0.3, 0.4) is 0 Å². The Labute approximate surface area is 131 Å². The van der Waals surface area contributed by atoms with E-state index in [-0.39, 0.29) is 12.3 Å². The quantitative estimate of drug-likeness (QED) is 0.429. The van der Waals surface area contributed by atoms with Crippen molar-refractivity contribution >= 4 is 37.3 Å². The maximum Gasteiger partial charge on any atom is 0.330 e. The minimum atomic E-state index is -1.88. The zero-order valence-electron chi connectivity index (χ0n) is 12.8. The van der Waals surface area contributed by atoms with Crippen LogP contribution in [0.25, 0.3) is 0 Å². The third kappa shape index (κ3) is 6.00. The first-order chi connectivity index (χ1) is 9.48. The highest BCUT2D eigenvalue weighted by atomic mass is 32.2. The van der Waals surface area contributed by atoms with Crippen LogP contribution in [0, 0.1) is 5.92 Å². The zero-order chi connectivity index (χ0) is 15.6. The highest BCUT2D eigenvalue weighted by molar-refractivity contribution is 8.19. The van der Waals surface area contributed by atoms with E-state index in [4.69, 9.17) is 4.74 Å². The van der Waals surface area contributed by atoms with E-state index in [0.29, 0.717) is 12.8 Å². The molecule has 4 nitrogen and oxygen atoms in total. The van der Waals surface area contributed by atoms with E-state index < -0.39 is 17.8 Å². The molecule has 0 aliphatic heterocycles. The SMILES string of the molecule is CCOC[PH](=O)CC(CC)C(SCC)(SCC)C(=O)O. The third-order valence-corrected chi connectivity index (χ3v) is 7.62. The number of rotatable bonds is 12. The summed E-state index contributed by atoms with van der Waals surface area (Å²) < 4.78 is 16.4. The molecule has 0 saturated heterocycles. The number of carboxylic acid groups (broad SMARTS) is 1. The van der Waals surface area contributed by atoms with E-state index in [1.54, 1.807) is 0 Å². The van der Waals surface area contributed by atoms with E-state index in [2.05, 4.69) is 0 Å². The molecule has 0 aliphatic carbocycles. The van der Waals surface area contributed by atoms with Crippen LogP contribution in [-0.2, 0) is 14.1 Å². The molecule has 2 atom stereocenters. The molecule has 0 aromatic rings. The fourth-order valence-corrected chi connectivity index (χ4v) is 7.21. The second-order valence-corrected chi connectivity index (χ2v) is 9.38. The Morgan fingerprint density at radius 2 is 1.80 bits per heavy atom. The second kappa shape index (κ2) is 11.0. The molecule has 20 heavy (non-hydrogen) atoms. The van der Waals surface area contributed by atoms with Crippen molar-refractivity contribution in [2.24, 2.45) is 5.92 Å². The number of carboxylic acids is 1. The first-order valence-electron chi connectivity index (χ1n) is 7.09. The fraction of sp³-hybridized carbons (Fsp3) is 0.923. The van der Waals surface area contributed by atoms with Gasteiger partial charge < -0.3 is 14.4 Å². The van der Waals surface area contributed by atoms with Gasteiger partial charge in [0.2, 0.25) is 0 Å². The van der Waals surface area contributed by atoms with Crippen LogP contribution in [-0.4, -0.2) is 45.8 Å². The van der Waals surface area contributed by atoms with E-state index >= 15 is 0 Å². The molecule has 0 heterocycles. The highest BCUT2D eigenvalue weighted by Crippen LogP contribution is 2.48. The average molecular weight is 342 g/mol. The molecular formula is C13H27O4PS2. The summed E-state index contributed by atoms with van der Waals surface area (Å²) in [5.41, 5.74) is 0. The van der Waals surface area contributed by atoms with E-state index in [9.17, 15) is 14.5 Å². The molecule has 0 saturated carbocycles. The first-order valence-corrected chi connectivity index (χ1v) is 10.9. The van der Waals surface area contributed by atoms with Gasteiger partial charge in [-0.2, -0.15) is 0 Å². The molecular weight excluding hydrogens is 315 g/mol. The van der Waals surface area contributed by atoms with Crippen molar-refractivity contribution in [1.29, 1.82) is 0 Å². The number of ether oxygens (including phenoxy) is 1. The van der Waals surface area contributed by atoms with Gasteiger partial charge in [0.05, 0.1) is 6.35 Å². The summed E-state index contributed by atoms with van der Waals surface area (Å²) in [5, 5.41) is 9.71. The molecule has 120 valence electrons. The van der Waals surface area contributed by atoms with Crippen LogP contribution in [0.15, 0.2) is 0 Å². The predicted octanol–water partition coefficient (Wildman–Crippen LogP) is 3.85. The summed E-state index contributed by atoms with van der Waals surface area (Å²) in [6.07, 6.45) is 1.43. The molecule has 2 unspecified atom stereocenters. The second-order valence-electron chi connectivity index (χ2n) is 4.32. The Kier molecular flexibility index (Phi) is 11.2. The molecule has 0 aliphatic rings. The van der Waals surface area contributed by atoms with E-state index in [1.807, 2.05) is 27.7 Å². The number of hydrogen-bond acceptors (Lipinski definition) is 5. The largest absolute Gasteiger partial charge is 0.480 e. The van der Waals surface area contributed by atoms with Crippen LogP contribution in [0.5, 0.6) is 0 Å². The lowest BCUT2D eigenvalue weighted by Gasteiger charge is -2.35. The minimum Gasteiger partial charge on any atom is -0.480 e. The lowest BCUT2D eigenvalue weighted by atomic mass is 10.0. The summed E-state index contributed by atoms with van der Waals surface area (Å²) in [6.45, 7) is 8.33. The Hall–Kier alpha value is 0.360. The lowest BCUT2D eigenvalue weighted by Crippen LogP contribution is -2.41. The summed E-state index contributed by atoms with van der Waals surface area (Å²) in [7, 11) is -1.88. The van der Waals surface area contributed by atoms with Crippen molar-refractivity contribution in [2.75, 3.05) is 30.6 Å². The number of aliphatic carboxylic acids is 1. The molecule has 1 N–H and O–H groups in total. The number of carbonyl (C=O) groups is 1. The van der Waals surface area contributed by atoms with Gasteiger partial charge in [-0.15, -0.1) is 23.5 Å². The van der Waals surface area contributed by atoms with Crippen LogP contribution in [0.2, 0.25) is 0 Å². The Morgan fingerprint density at radius 1 is 1.25 bits per heavy atom. The Morgan fingerprint density at radius 3 is 2.15 bits per heavy atom. The lowest BCUT2D eigenvalue weighted by molar-refractivity contribution is -0.138. The van der Waals surface area contributed by atoms with Gasteiger partial charge in [0.1, 0.15) is 7.80 Å². The third-order valence-electron chi connectivity index (χ3n) is 2.99. The Balaban J connectivity index is 5.06. The summed E-state index contributed by atoms with van der Waals surface area (Å²) in [6, 6.07) is 0. The van der Waals surface area contributed by atoms with Crippen molar-refractivity contribution in [2.45, 2.75) is 38.2 Å². The van der Waals surface area contributed by atoms with E-state index in [0.717, 1.165) is 17.9 Å². The fourth-order valence-electron chi connectivity index (χ4n) is 2.10. The molecule has 0 radical (unpaired) electrons. The van der Waals surface area contributed by atoms with Crippen molar-refractivity contribution < 1.29 is 19.2 Å². The maximum absolute atomic E-state index is 12.1. The van der Waals surface area contributed by atoms with Gasteiger partial charge in [0, 0.05) is 12.8 Å². The van der Waals surface area contributed by atoms with Crippen LogP contribution in [0.1, 0.15) is 34.1 Å². The molecule has 0 fully saturated rings. The van der Waals surface area contributed by atoms with Crippen molar-refractivity contribution in [3.8, 4) is 0 Å². The minimum absolute atomic E-state index is 0.0956. The highest BCUT2D eigenvalue weighted by Gasteiger charge is 2.46. The van der Waals surface area contributed by atoms with Crippen molar-refractivity contribution in [3.05, 3.63) is 0 Å². The first kappa shape index (κ1) is 20.4. The number of thioether (sulfide) groups is 2. The van der Waals surface area contributed by atoms with Crippen molar-refractivity contribution in [1.82, 2.24) is 0 Å².